The number of nitrogens with zero attached hydrogens (tertiary/aromatic N) is 2. The average Bonchev–Trinajstić information content (AvgIpc) is 2.30. The van der Waals surface area contributed by atoms with Gasteiger partial charge < -0.3 is 10.2 Å². The minimum Gasteiger partial charge on any atom is -0.384 e. The van der Waals surface area contributed by atoms with Gasteiger partial charge in [0.25, 0.3) is 0 Å². The third-order valence-electron chi connectivity index (χ3n) is 2.71. The monoisotopic (exact) mass is 237 g/mol. The number of thioether (sulfide) groups is 1. The van der Waals surface area contributed by atoms with Gasteiger partial charge in [-0.05, 0) is 13.0 Å². The van der Waals surface area contributed by atoms with E-state index in [0.29, 0.717) is 0 Å². The molecule has 1 aromatic rings. The van der Waals surface area contributed by atoms with Gasteiger partial charge in [-0.15, -0.1) is 0 Å². The fourth-order valence-corrected chi connectivity index (χ4v) is 2.97. The van der Waals surface area contributed by atoms with Crippen molar-refractivity contribution in [3.05, 3.63) is 18.5 Å². The fourth-order valence-electron chi connectivity index (χ4n) is 1.95. The smallest absolute Gasteiger partial charge is 0.0574 e. The summed E-state index contributed by atoms with van der Waals surface area (Å²) in [6.45, 7) is 7.59. The molecule has 2 rings (SSSR count). The van der Waals surface area contributed by atoms with Crippen LogP contribution in [0.4, 0.5) is 11.4 Å². The molecule has 0 aliphatic carbocycles. The normalized spacial score (nSPS) is 20.9. The van der Waals surface area contributed by atoms with E-state index in [1.807, 2.05) is 12.4 Å². The molecule has 2 heterocycles. The maximum Gasteiger partial charge on any atom is 0.0574 e. The first kappa shape index (κ1) is 11.6. The zero-order valence-corrected chi connectivity index (χ0v) is 10.8. The Balaban J connectivity index is 2.09. The molecule has 88 valence electrons. The number of hydrogen-bond donors (Lipinski definition) is 1. The van der Waals surface area contributed by atoms with Gasteiger partial charge in [-0.3, -0.25) is 4.98 Å². The lowest BCUT2D eigenvalue weighted by Crippen LogP contribution is -2.36. The summed E-state index contributed by atoms with van der Waals surface area (Å²) in [6.07, 6.45) is 3.85. The van der Waals surface area contributed by atoms with Crippen molar-refractivity contribution in [2.75, 3.05) is 35.6 Å². The highest BCUT2D eigenvalue weighted by Crippen LogP contribution is 2.24. The van der Waals surface area contributed by atoms with Crippen molar-refractivity contribution in [1.82, 2.24) is 4.98 Å². The third-order valence-corrected chi connectivity index (χ3v) is 3.85. The van der Waals surface area contributed by atoms with Crippen LogP contribution >= 0.6 is 11.8 Å². The zero-order chi connectivity index (χ0) is 11.4. The summed E-state index contributed by atoms with van der Waals surface area (Å²) in [5.41, 5.74) is 2.36. The molecule has 0 bridgehead atoms. The predicted octanol–water partition coefficient (Wildman–Crippen LogP) is 2.46. The molecule has 1 aromatic heterocycles. The molecule has 3 nitrogen and oxygen atoms in total. The van der Waals surface area contributed by atoms with E-state index in [-0.39, 0.29) is 0 Å². The van der Waals surface area contributed by atoms with Crippen LogP contribution in [-0.2, 0) is 0 Å². The minimum absolute atomic E-state index is 0.719. The molecule has 1 N–H and O–H groups in total. The maximum absolute atomic E-state index is 4.29. The van der Waals surface area contributed by atoms with Gasteiger partial charge in [-0.2, -0.15) is 11.8 Å². The van der Waals surface area contributed by atoms with Crippen LogP contribution in [0, 0.1) is 0 Å². The van der Waals surface area contributed by atoms with E-state index in [4.69, 9.17) is 0 Å². The number of pyridine rings is 1. The van der Waals surface area contributed by atoms with Gasteiger partial charge in [0, 0.05) is 30.6 Å². The Morgan fingerprint density at radius 3 is 3.19 bits per heavy atom. The number of rotatable bonds is 3. The van der Waals surface area contributed by atoms with Crippen molar-refractivity contribution >= 4 is 23.1 Å². The highest BCUT2D eigenvalue weighted by molar-refractivity contribution is 8.00. The van der Waals surface area contributed by atoms with Gasteiger partial charge in [-0.1, -0.05) is 6.92 Å². The largest absolute Gasteiger partial charge is 0.384 e. The second-order valence-corrected chi connectivity index (χ2v) is 5.64. The van der Waals surface area contributed by atoms with Gasteiger partial charge in [0.15, 0.2) is 0 Å². The summed E-state index contributed by atoms with van der Waals surface area (Å²) in [4.78, 5) is 6.72. The second-order valence-electron chi connectivity index (χ2n) is 4.09. The Morgan fingerprint density at radius 2 is 2.44 bits per heavy atom. The first-order chi connectivity index (χ1) is 7.79. The summed E-state index contributed by atoms with van der Waals surface area (Å²) in [5, 5.41) is 4.02. The van der Waals surface area contributed by atoms with Gasteiger partial charge in [-0.25, -0.2) is 0 Å². The summed E-state index contributed by atoms with van der Waals surface area (Å²) >= 11 is 2.05. The first-order valence-electron chi connectivity index (χ1n) is 5.85. The minimum atomic E-state index is 0.719. The lowest BCUT2D eigenvalue weighted by atomic mass is 10.3. The Labute approximate surface area is 102 Å². The number of nitrogens with one attached hydrogen (secondary N) is 1. The Hall–Kier alpha value is -0.900. The molecule has 1 fully saturated rings. The van der Waals surface area contributed by atoms with Crippen molar-refractivity contribution in [1.29, 1.82) is 0 Å². The van der Waals surface area contributed by atoms with Crippen LogP contribution in [0.25, 0.3) is 0 Å². The average molecular weight is 237 g/mol. The van der Waals surface area contributed by atoms with Crippen molar-refractivity contribution < 1.29 is 0 Å². The molecule has 1 aliphatic heterocycles. The highest BCUT2D eigenvalue weighted by atomic mass is 32.2. The number of anilines is 2. The summed E-state index contributed by atoms with van der Waals surface area (Å²) in [5.74, 6) is 1.21. The van der Waals surface area contributed by atoms with E-state index in [0.717, 1.165) is 30.6 Å². The van der Waals surface area contributed by atoms with Crippen LogP contribution in [0.3, 0.4) is 0 Å². The molecule has 1 unspecified atom stereocenters. The molecule has 0 radical (unpaired) electrons. The van der Waals surface area contributed by atoms with E-state index < -0.39 is 0 Å². The maximum atomic E-state index is 4.29. The molecule has 16 heavy (non-hydrogen) atoms. The highest BCUT2D eigenvalue weighted by Gasteiger charge is 2.17. The summed E-state index contributed by atoms with van der Waals surface area (Å²) < 4.78 is 0. The van der Waals surface area contributed by atoms with Crippen LogP contribution in [-0.4, -0.2) is 35.6 Å². The molecular weight excluding hydrogens is 218 g/mol. The lowest BCUT2D eigenvalue weighted by molar-refractivity contribution is 0.781. The summed E-state index contributed by atoms with van der Waals surface area (Å²) in [6, 6.07) is 2.19. The number of aromatic nitrogens is 1. The standard InChI is InChI=1S/C12H19N3S/c1-3-14-11-6-12(8-13-7-11)15-4-5-16-10(2)9-15/h6-8,10,14H,3-5,9H2,1-2H3. The van der Waals surface area contributed by atoms with Crippen LogP contribution in [0.15, 0.2) is 18.5 Å². The Kier molecular flexibility index (Phi) is 3.93. The molecule has 0 spiro atoms. The zero-order valence-electron chi connectivity index (χ0n) is 9.94. The SMILES string of the molecule is CCNc1cncc(N2CCSC(C)C2)c1. The molecule has 0 amide bonds. The van der Waals surface area contributed by atoms with Crippen LogP contribution in [0.5, 0.6) is 0 Å². The van der Waals surface area contributed by atoms with E-state index in [2.05, 4.69) is 46.9 Å². The van der Waals surface area contributed by atoms with Gasteiger partial charge in [0.1, 0.15) is 0 Å². The lowest BCUT2D eigenvalue weighted by Gasteiger charge is -2.32. The molecule has 1 aliphatic rings. The van der Waals surface area contributed by atoms with Gasteiger partial charge in [0.2, 0.25) is 0 Å². The Bertz CT molecular complexity index is 343. The molecular formula is C12H19N3S. The Morgan fingerprint density at radius 1 is 1.56 bits per heavy atom. The van der Waals surface area contributed by atoms with E-state index in [9.17, 15) is 0 Å². The fraction of sp³-hybridized carbons (Fsp3) is 0.583. The molecule has 0 aromatic carbocycles. The van der Waals surface area contributed by atoms with Crippen molar-refractivity contribution in [3.8, 4) is 0 Å². The van der Waals surface area contributed by atoms with Crippen molar-refractivity contribution in [2.45, 2.75) is 19.1 Å². The number of hydrogen-bond acceptors (Lipinski definition) is 4. The van der Waals surface area contributed by atoms with Gasteiger partial charge in [0.05, 0.1) is 23.8 Å². The van der Waals surface area contributed by atoms with Crippen molar-refractivity contribution in [3.63, 3.8) is 0 Å². The van der Waals surface area contributed by atoms with E-state index in [1.54, 1.807) is 0 Å². The quantitative estimate of drug-likeness (QED) is 0.874. The van der Waals surface area contributed by atoms with E-state index >= 15 is 0 Å². The predicted molar refractivity (Wildman–Crippen MR) is 72.5 cm³/mol. The second kappa shape index (κ2) is 5.43. The third kappa shape index (κ3) is 2.82. The molecule has 0 saturated carbocycles. The van der Waals surface area contributed by atoms with Crippen LogP contribution in [0.1, 0.15) is 13.8 Å². The van der Waals surface area contributed by atoms with E-state index in [1.165, 1.54) is 11.4 Å². The van der Waals surface area contributed by atoms with Crippen LogP contribution < -0.4 is 10.2 Å². The van der Waals surface area contributed by atoms with Crippen molar-refractivity contribution in [2.24, 2.45) is 0 Å². The summed E-state index contributed by atoms with van der Waals surface area (Å²) in [7, 11) is 0. The van der Waals surface area contributed by atoms with Gasteiger partial charge >= 0.3 is 0 Å². The first-order valence-corrected chi connectivity index (χ1v) is 6.90. The van der Waals surface area contributed by atoms with Crippen LogP contribution in [0.2, 0.25) is 0 Å². The topological polar surface area (TPSA) is 28.2 Å². The molecule has 1 atom stereocenters. The molecule has 1 saturated heterocycles. The molecule has 4 heteroatoms.